The van der Waals surface area contributed by atoms with Crippen LogP contribution in [0.25, 0.3) is 11.0 Å². The molecule has 5 rings (SSSR count). The lowest BCUT2D eigenvalue weighted by atomic mass is 10.1. The first kappa shape index (κ1) is 21.7. The average molecular weight is 455 g/mol. The first-order valence-corrected chi connectivity index (χ1v) is 11.3. The smallest absolute Gasteiger partial charge is 0.246 e. The molecule has 2 heterocycles. The second-order valence-corrected chi connectivity index (χ2v) is 8.44. The van der Waals surface area contributed by atoms with Crippen molar-refractivity contribution >= 4 is 34.2 Å². The molecule has 7 heteroatoms. The highest BCUT2D eigenvalue weighted by Gasteiger charge is 2.35. The molecule has 3 aromatic carbocycles. The molecule has 0 radical (unpaired) electrons. The molecule has 0 saturated carbocycles. The predicted molar refractivity (Wildman–Crippen MR) is 132 cm³/mol. The van der Waals surface area contributed by atoms with Crippen molar-refractivity contribution in [2.75, 3.05) is 30.5 Å². The zero-order chi connectivity index (χ0) is 23.7. The standard InChI is InChI=1S/C27H26N4O3/c1-29(20-8-4-3-5-9-20)26(33)18-31-24-11-7-6-10-23(24)28-27(31)19-16-25(32)30(17-19)21-12-14-22(34-2)15-13-21/h3-15,19H,16-18H2,1-2H3/t19-/m0/s1. The molecular formula is C27H26N4O3. The largest absolute Gasteiger partial charge is 0.497 e. The SMILES string of the molecule is COc1ccc(N2C[C@@H](c3nc4ccccc4n3CC(=O)N(C)c3ccccc3)CC2=O)cc1. The van der Waals surface area contributed by atoms with Gasteiger partial charge in [0.2, 0.25) is 11.8 Å². The van der Waals surface area contributed by atoms with Crippen molar-refractivity contribution in [3.8, 4) is 5.75 Å². The Hall–Kier alpha value is -4.13. The van der Waals surface area contributed by atoms with Crippen molar-refractivity contribution in [2.24, 2.45) is 0 Å². The van der Waals surface area contributed by atoms with E-state index in [1.165, 1.54) is 0 Å². The maximum Gasteiger partial charge on any atom is 0.246 e. The Kier molecular flexibility index (Phi) is 5.76. The topological polar surface area (TPSA) is 67.7 Å². The number of nitrogens with zero attached hydrogens (tertiary/aromatic N) is 4. The van der Waals surface area contributed by atoms with Crippen LogP contribution in [-0.4, -0.2) is 42.1 Å². The number of rotatable bonds is 6. The Morgan fingerprint density at radius 2 is 1.74 bits per heavy atom. The second kappa shape index (κ2) is 9.02. The summed E-state index contributed by atoms with van der Waals surface area (Å²) in [4.78, 5) is 34.5. The Morgan fingerprint density at radius 1 is 1.03 bits per heavy atom. The van der Waals surface area contributed by atoms with E-state index in [9.17, 15) is 9.59 Å². The highest BCUT2D eigenvalue weighted by atomic mass is 16.5. The maximum absolute atomic E-state index is 13.2. The number of likely N-dealkylation sites (N-methyl/N-ethyl adjacent to an activating group) is 1. The molecule has 1 saturated heterocycles. The molecule has 1 atom stereocenters. The lowest BCUT2D eigenvalue weighted by molar-refractivity contribution is -0.119. The van der Waals surface area contributed by atoms with Gasteiger partial charge in [-0.05, 0) is 48.5 Å². The van der Waals surface area contributed by atoms with Gasteiger partial charge in [-0.1, -0.05) is 30.3 Å². The van der Waals surface area contributed by atoms with Crippen molar-refractivity contribution in [2.45, 2.75) is 18.9 Å². The summed E-state index contributed by atoms with van der Waals surface area (Å²) in [6, 6.07) is 24.8. The number of imidazole rings is 1. The Labute approximate surface area is 198 Å². The van der Waals surface area contributed by atoms with Crippen LogP contribution in [0.5, 0.6) is 5.75 Å². The number of methoxy groups -OCH3 is 1. The van der Waals surface area contributed by atoms with Gasteiger partial charge in [0, 0.05) is 37.3 Å². The van der Waals surface area contributed by atoms with E-state index in [2.05, 4.69) is 0 Å². The predicted octanol–water partition coefficient (Wildman–Crippen LogP) is 4.23. The molecule has 0 unspecified atom stereocenters. The zero-order valence-electron chi connectivity index (χ0n) is 19.2. The number of carbonyl (C=O) groups is 2. The summed E-state index contributed by atoms with van der Waals surface area (Å²) in [5, 5.41) is 0. The van der Waals surface area contributed by atoms with Crippen LogP contribution in [0.2, 0.25) is 0 Å². The van der Waals surface area contributed by atoms with E-state index >= 15 is 0 Å². The number of anilines is 2. The summed E-state index contributed by atoms with van der Waals surface area (Å²) in [5.74, 6) is 1.39. The number of aromatic nitrogens is 2. The Bertz CT molecular complexity index is 1330. The maximum atomic E-state index is 13.2. The molecule has 172 valence electrons. The van der Waals surface area contributed by atoms with Gasteiger partial charge in [-0.25, -0.2) is 4.98 Å². The van der Waals surface area contributed by atoms with Gasteiger partial charge in [0.1, 0.15) is 18.1 Å². The third-order valence-corrected chi connectivity index (χ3v) is 6.37. The normalized spacial score (nSPS) is 15.6. The molecule has 4 aromatic rings. The third-order valence-electron chi connectivity index (χ3n) is 6.37. The molecule has 1 aliphatic heterocycles. The van der Waals surface area contributed by atoms with Gasteiger partial charge < -0.3 is 19.1 Å². The summed E-state index contributed by atoms with van der Waals surface area (Å²) >= 11 is 0. The highest BCUT2D eigenvalue weighted by molar-refractivity contribution is 5.97. The quantitative estimate of drug-likeness (QED) is 0.437. The molecule has 1 fully saturated rings. The highest BCUT2D eigenvalue weighted by Crippen LogP contribution is 2.34. The van der Waals surface area contributed by atoms with Crippen LogP contribution >= 0.6 is 0 Å². The van der Waals surface area contributed by atoms with Gasteiger partial charge in [0.05, 0.1) is 18.1 Å². The molecule has 0 N–H and O–H groups in total. The molecule has 0 aliphatic carbocycles. The lowest BCUT2D eigenvalue weighted by Gasteiger charge is -2.20. The van der Waals surface area contributed by atoms with Crippen molar-refractivity contribution in [3.63, 3.8) is 0 Å². The summed E-state index contributed by atoms with van der Waals surface area (Å²) in [6.07, 6.45) is 0.345. The van der Waals surface area contributed by atoms with Crippen LogP contribution < -0.4 is 14.5 Å². The van der Waals surface area contributed by atoms with Gasteiger partial charge in [0.25, 0.3) is 0 Å². The number of para-hydroxylation sites is 3. The summed E-state index contributed by atoms with van der Waals surface area (Å²) < 4.78 is 7.20. The number of hydrogen-bond acceptors (Lipinski definition) is 4. The first-order valence-electron chi connectivity index (χ1n) is 11.3. The lowest BCUT2D eigenvalue weighted by Crippen LogP contribution is -2.31. The van der Waals surface area contributed by atoms with E-state index in [0.717, 1.165) is 34.0 Å². The van der Waals surface area contributed by atoms with Crippen LogP contribution in [0.15, 0.2) is 78.9 Å². The van der Waals surface area contributed by atoms with Gasteiger partial charge in [0.15, 0.2) is 0 Å². The van der Waals surface area contributed by atoms with E-state index < -0.39 is 0 Å². The van der Waals surface area contributed by atoms with Gasteiger partial charge in [-0.3, -0.25) is 9.59 Å². The summed E-state index contributed by atoms with van der Waals surface area (Å²) in [6.45, 7) is 0.658. The van der Waals surface area contributed by atoms with Crippen LogP contribution in [0, 0.1) is 0 Å². The fraction of sp³-hybridized carbons (Fsp3) is 0.222. The molecule has 7 nitrogen and oxygen atoms in total. The van der Waals surface area contributed by atoms with Crippen LogP contribution in [0.4, 0.5) is 11.4 Å². The number of carbonyl (C=O) groups excluding carboxylic acids is 2. The number of amides is 2. The van der Waals surface area contributed by atoms with E-state index in [-0.39, 0.29) is 24.3 Å². The van der Waals surface area contributed by atoms with Crippen LogP contribution in [-0.2, 0) is 16.1 Å². The number of ether oxygens (including phenoxy) is 1. The van der Waals surface area contributed by atoms with Gasteiger partial charge >= 0.3 is 0 Å². The fourth-order valence-corrected chi connectivity index (χ4v) is 4.50. The van der Waals surface area contributed by atoms with Crippen molar-refractivity contribution < 1.29 is 14.3 Å². The van der Waals surface area contributed by atoms with Gasteiger partial charge in [-0.15, -0.1) is 0 Å². The number of hydrogen-bond donors (Lipinski definition) is 0. The minimum absolute atomic E-state index is 0.0431. The molecule has 1 aliphatic rings. The Morgan fingerprint density at radius 3 is 2.47 bits per heavy atom. The molecule has 0 spiro atoms. The van der Waals surface area contributed by atoms with Crippen LogP contribution in [0.3, 0.4) is 0 Å². The third kappa shape index (κ3) is 4.01. The summed E-state index contributed by atoms with van der Waals surface area (Å²) in [5.41, 5.74) is 3.38. The Balaban J connectivity index is 1.45. The van der Waals surface area contributed by atoms with Crippen molar-refractivity contribution in [1.82, 2.24) is 9.55 Å². The first-order chi connectivity index (χ1) is 16.5. The van der Waals surface area contributed by atoms with Crippen molar-refractivity contribution in [3.05, 3.63) is 84.7 Å². The summed E-state index contributed by atoms with van der Waals surface area (Å²) in [7, 11) is 3.40. The zero-order valence-corrected chi connectivity index (χ0v) is 19.2. The number of fused-ring (bicyclic) bond motifs is 1. The monoisotopic (exact) mass is 454 g/mol. The van der Waals surface area contributed by atoms with E-state index in [0.29, 0.717) is 13.0 Å². The van der Waals surface area contributed by atoms with Crippen LogP contribution in [0.1, 0.15) is 18.2 Å². The minimum atomic E-state index is -0.114. The molecule has 0 bridgehead atoms. The molecular weight excluding hydrogens is 428 g/mol. The van der Waals surface area contributed by atoms with E-state index in [1.54, 1.807) is 24.0 Å². The van der Waals surface area contributed by atoms with E-state index in [1.807, 2.05) is 83.4 Å². The average Bonchev–Trinajstić information content (AvgIpc) is 3.44. The molecule has 1 aromatic heterocycles. The van der Waals surface area contributed by atoms with Crippen molar-refractivity contribution in [1.29, 1.82) is 0 Å². The fourth-order valence-electron chi connectivity index (χ4n) is 4.50. The molecule has 34 heavy (non-hydrogen) atoms. The number of benzene rings is 3. The van der Waals surface area contributed by atoms with E-state index in [4.69, 9.17) is 9.72 Å². The minimum Gasteiger partial charge on any atom is -0.497 e. The molecule has 2 amide bonds. The van der Waals surface area contributed by atoms with Gasteiger partial charge in [-0.2, -0.15) is 0 Å². The second-order valence-electron chi connectivity index (χ2n) is 8.44.